The number of likely N-dealkylation sites (N-methyl/N-ethyl adjacent to an activating group) is 1. The minimum Gasteiger partial charge on any atom is -0.445 e. The fourth-order valence-electron chi connectivity index (χ4n) is 9.35. The third-order valence-corrected chi connectivity index (χ3v) is 13.4. The van der Waals surface area contributed by atoms with Crippen LogP contribution in [0.2, 0.25) is 0 Å². The largest absolute Gasteiger partial charge is 0.445 e. The van der Waals surface area contributed by atoms with E-state index in [1.807, 2.05) is 88.4 Å². The Morgan fingerprint density at radius 1 is 0.754 bits per heavy atom. The van der Waals surface area contributed by atoms with Gasteiger partial charge in [0.2, 0.25) is 29.5 Å². The molecule has 65 heavy (non-hydrogen) atoms. The summed E-state index contributed by atoms with van der Waals surface area (Å²) in [6.45, 7) is 10.3. The van der Waals surface area contributed by atoms with Crippen molar-refractivity contribution in [1.29, 1.82) is 0 Å². The van der Waals surface area contributed by atoms with Gasteiger partial charge in [-0.1, -0.05) is 114 Å². The summed E-state index contributed by atoms with van der Waals surface area (Å²) in [5.74, 6) is -2.33. The second-order valence-electron chi connectivity index (χ2n) is 18.9. The first-order chi connectivity index (χ1) is 31.2. The molecule has 358 valence electrons. The van der Waals surface area contributed by atoms with Gasteiger partial charge in [0.05, 0.1) is 25.3 Å². The third-order valence-electron chi connectivity index (χ3n) is 13.4. The van der Waals surface area contributed by atoms with Crippen LogP contribution >= 0.6 is 0 Å². The molecule has 1 heterocycles. The molecule has 1 saturated heterocycles. The Balaban J connectivity index is 1.52. The van der Waals surface area contributed by atoms with E-state index in [4.69, 9.17) is 9.47 Å². The number of hydrogen-bond acceptors (Lipinski definition) is 9. The fraction of sp³-hybridized carbons (Fsp3) is 0.640. The molecule has 2 aromatic carbocycles. The molecule has 1 aliphatic heterocycles. The molecule has 0 bridgehead atoms. The van der Waals surface area contributed by atoms with Crippen molar-refractivity contribution < 1.29 is 38.2 Å². The SMILES string of the molecule is CC[C@@H]1CN(CC2CCCC2)[C@@H](C)C(=O)N(C)[C@@H](CC(C)C)C(=O)NC(C2CCCCC2)C(=O)N[C@@H](CNC(=O)OCc2ccccc2)C(=O)N[C@@H]([C@H](C)OCc2ccccc2)C(=O)N1. The second-order valence-corrected chi connectivity index (χ2v) is 18.9. The molecule has 6 amide bonds. The van der Waals surface area contributed by atoms with Crippen molar-refractivity contribution in [3.63, 3.8) is 0 Å². The molecule has 15 nitrogen and oxygen atoms in total. The van der Waals surface area contributed by atoms with Crippen LogP contribution in [0.4, 0.5) is 4.79 Å². The Labute approximate surface area is 386 Å². The summed E-state index contributed by atoms with van der Waals surface area (Å²) < 4.78 is 11.7. The predicted molar refractivity (Wildman–Crippen MR) is 249 cm³/mol. The molecular weight excluding hydrogens is 827 g/mol. The average Bonchev–Trinajstić information content (AvgIpc) is 3.83. The topological polar surface area (TPSA) is 188 Å². The summed E-state index contributed by atoms with van der Waals surface area (Å²) in [4.78, 5) is 89.9. The van der Waals surface area contributed by atoms with Gasteiger partial charge in [-0.3, -0.25) is 28.9 Å². The van der Waals surface area contributed by atoms with Crippen LogP contribution in [0.3, 0.4) is 0 Å². The van der Waals surface area contributed by atoms with Crippen LogP contribution < -0.4 is 26.6 Å². The van der Waals surface area contributed by atoms with Gasteiger partial charge in [0, 0.05) is 26.2 Å². The van der Waals surface area contributed by atoms with Crippen molar-refractivity contribution in [1.82, 2.24) is 36.4 Å². The summed E-state index contributed by atoms with van der Waals surface area (Å²) in [7, 11) is 1.66. The lowest BCUT2D eigenvalue weighted by atomic mass is 9.83. The molecule has 1 unspecified atom stereocenters. The van der Waals surface area contributed by atoms with Crippen LogP contribution in [0.1, 0.15) is 116 Å². The molecule has 3 fully saturated rings. The number of carbonyl (C=O) groups excluding carboxylic acids is 6. The fourth-order valence-corrected chi connectivity index (χ4v) is 9.35. The highest BCUT2D eigenvalue weighted by atomic mass is 16.5. The molecule has 0 radical (unpaired) electrons. The van der Waals surface area contributed by atoms with E-state index in [-0.39, 0.29) is 37.5 Å². The maximum absolute atomic E-state index is 14.7. The maximum atomic E-state index is 14.7. The maximum Gasteiger partial charge on any atom is 0.407 e. The zero-order valence-corrected chi connectivity index (χ0v) is 39.5. The summed E-state index contributed by atoms with van der Waals surface area (Å²) in [6, 6.07) is 13.0. The van der Waals surface area contributed by atoms with E-state index in [1.54, 1.807) is 14.0 Å². The summed E-state index contributed by atoms with van der Waals surface area (Å²) in [6.07, 6.45) is 7.63. The van der Waals surface area contributed by atoms with Gasteiger partial charge in [0.25, 0.3) is 0 Å². The van der Waals surface area contributed by atoms with Crippen LogP contribution in [0.25, 0.3) is 0 Å². The van der Waals surface area contributed by atoms with Gasteiger partial charge in [-0.15, -0.1) is 0 Å². The van der Waals surface area contributed by atoms with Crippen LogP contribution in [0.5, 0.6) is 0 Å². The molecule has 2 aliphatic carbocycles. The standard InChI is InChI=1S/C50H75N7O8/c1-7-40-30-57(29-36-19-17-18-20-36)34(4)49(62)56(6)42(27-33(2)3)46(59)55-44(39-25-15-10-16-26-39)48(61)53-41(28-51-50(63)65-32-38-23-13-9-14-24-38)45(58)54-43(47(60)52-40)35(5)64-31-37-21-11-8-12-22-37/h8-9,11-14,21-24,33-36,39-44H,7,10,15-20,25-32H2,1-6H3,(H,51,63)(H,52,60)(H,53,61)(H,54,58)(H,55,59)/t34-,35-,40+,41-,42-,43-,44?/m0/s1. The minimum absolute atomic E-state index is 0.0197. The molecular formula is C50H75N7O8. The number of ether oxygens (including phenoxy) is 2. The van der Waals surface area contributed by atoms with Crippen molar-refractivity contribution >= 4 is 35.6 Å². The zero-order chi connectivity index (χ0) is 46.9. The normalized spacial score (nSPS) is 25.8. The van der Waals surface area contributed by atoms with E-state index in [0.717, 1.165) is 56.1 Å². The molecule has 0 aromatic heterocycles. The van der Waals surface area contributed by atoms with Crippen molar-refractivity contribution in [2.24, 2.45) is 17.8 Å². The summed E-state index contributed by atoms with van der Waals surface area (Å²) >= 11 is 0. The number of rotatable bonds is 14. The highest BCUT2D eigenvalue weighted by molar-refractivity contribution is 5.96. The number of hydrogen-bond donors (Lipinski definition) is 5. The van der Waals surface area contributed by atoms with E-state index in [2.05, 4.69) is 31.5 Å². The molecule has 15 heteroatoms. The van der Waals surface area contributed by atoms with Gasteiger partial charge in [0.15, 0.2) is 0 Å². The van der Waals surface area contributed by atoms with Gasteiger partial charge in [-0.05, 0) is 81.3 Å². The number of nitrogens with one attached hydrogen (secondary N) is 5. The Hall–Kier alpha value is -5.02. The highest BCUT2D eigenvalue weighted by Gasteiger charge is 2.40. The average molecular weight is 902 g/mol. The lowest BCUT2D eigenvalue weighted by Crippen LogP contribution is -2.64. The Kier molecular flexibility index (Phi) is 20.1. The highest BCUT2D eigenvalue weighted by Crippen LogP contribution is 2.29. The van der Waals surface area contributed by atoms with E-state index in [0.29, 0.717) is 44.7 Å². The molecule has 5 rings (SSSR count). The predicted octanol–water partition coefficient (Wildman–Crippen LogP) is 5.22. The molecule has 5 N–H and O–H groups in total. The van der Waals surface area contributed by atoms with Crippen LogP contribution in [0, 0.1) is 17.8 Å². The molecule has 3 aliphatic rings. The minimum atomic E-state index is -1.40. The van der Waals surface area contributed by atoms with Gasteiger partial charge in [-0.25, -0.2) is 4.79 Å². The number of nitrogens with zero attached hydrogens (tertiary/aromatic N) is 2. The lowest BCUT2D eigenvalue weighted by molar-refractivity contribution is -0.145. The molecule has 2 aromatic rings. The Morgan fingerprint density at radius 2 is 1.37 bits per heavy atom. The van der Waals surface area contributed by atoms with Gasteiger partial charge in [-0.2, -0.15) is 0 Å². The zero-order valence-electron chi connectivity index (χ0n) is 39.5. The van der Waals surface area contributed by atoms with Crippen LogP contribution in [-0.2, 0) is 46.7 Å². The Bertz CT molecular complexity index is 1840. The van der Waals surface area contributed by atoms with Gasteiger partial charge in [0.1, 0.15) is 30.8 Å². The van der Waals surface area contributed by atoms with E-state index >= 15 is 0 Å². The van der Waals surface area contributed by atoms with E-state index in [9.17, 15) is 28.8 Å². The molecule has 7 atom stereocenters. The molecule has 2 saturated carbocycles. The van der Waals surface area contributed by atoms with Crippen LogP contribution in [-0.4, -0.2) is 114 Å². The number of alkyl carbamates (subject to hydrolysis) is 1. The van der Waals surface area contributed by atoms with Crippen molar-refractivity contribution in [2.45, 2.75) is 161 Å². The number of carbonyl (C=O) groups is 6. The van der Waals surface area contributed by atoms with Crippen molar-refractivity contribution in [3.05, 3.63) is 71.8 Å². The smallest absolute Gasteiger partial charge is 0.407 e. The van der Waals surface area contributed by atoms with Crippen molar-refractivity contribution in [2.75, 3.05) is 26.7 Å². The monoisotopic (exact) mass is 902 g/mol. The summed E-state index contributed by atoms with van der Waals surface area (Å²) in [5.41, 5.74) is 1.64. The molecule has 0 spiro atoms. The first kappa shape index (κ1) is 51.0. The first-order valence-corrected chi connectivity index (χ1v) is 24.1. The second kappa shape index (κ2) is 25.6. The van der Waals surface area contributed by atoms with E-state index < -0.39 is 72.1 Å². The number of amides is 6. The quantitative estimate of drug-likeness (QED) is 0.170. The third kappa shape index (κ3) is 15.5. The Morgan fingerprint density at radius 3 is 1.98 bits per heavy atom. The van der Waals surface area contributed by atoms with Crippen molar-refractivity contribution in [3.8, 4) is 0 Å². The first-order valence-electron chi connectivity index (χ1n) is 24.1. The van der Waals surface area contributed by atoms with Crippen LogP contribution in [0.15, 0.2) is 60.7 Å². The van der Waals surface area contributed by atoms with E-state index in [1.165, 1.54) is 4.90 Å². The lowest BCUT2D eigenvalue weighted by Gasteiger charge is -2.39. The summed E-state index contributed by atoms with van der Waals surface area (Å²) in [5, 5.41) is 14.6. The van der Waals surface area contributed by atoms with Gasteiger partial charge >= 0.3 is 6.09 Å². The van der Waals surface area contributed by atoms with Gasteiger partial charge < -0.3 is 41.0 Å². The number of benzene rings is 2.